The summed E-state index contributed by atoms with van der Waals surface area (Å²) in [5, 5.41) is 0. The van der Waals surface area contributed by atoms with Crippen molar-refractivity contribution >= 4 is 19.7 Å². The summed E-state index contributed by atoms with van der Waals surface area (Å²) in [5.74, 6) is -0.934. The number of terminal acetylenes is 1. The second kappa shape index (κ2) is 4.68. The first kappa shape index (κ1) is 12.7. The summed E-state index contributed by atoms with van der Waals surface area (Å²) in [6, 6.07) is 1.02. The number of rotatable bonds is 3. The van der Waals surface area contributed by atoms with Crippen LogP contribution in [-0.4, -0.2) is 15.0 Å². The van der Waals surface area contributed by atoms with Crippen molar-refractivity contribution in [1.82, 2.24) is 0 Å². The van der Waals surface area contributed by atoms with Gasteiger partial charge in [-0.05, 0) is 6.07 Å². The normalized spacial score (nSPS) is 10.9. The van der Waals surface area contributed by atoms with Gasteiger partial charge in [0.15, 0.2) is 11.6 Å². The third-order valence-corrected chi connectivity index (χ3v) is 2.86. The molecule has 0 bridgehead atoms. The van der Waals surface area contributed by atoms with Crippen molar-refractivity contribution in [2.24, 2.45) is 0 Å². The quantitative estimate of drug-likeness (QED) is 0.620. The molecule has 0 aromatic heterocycles. The Kier molecular flexibility index (Phi) is 3.73. The Morgan fingerprint density at radius 3 is 2.56 bits per heavy atom. The molecule has 0 heterocycles. The SMILES string of the molecule is C#CCOc1c(F)cc(F)cc1S(=O)(=O)Cl. The van der Waals surface area contributed by atoms with Crippen LogP contribution in [0.15, 0.2) is 17.0 Å². The van der Waals surface area contributed by atoms with Gasteiger partial charge in [-0.25, -0.2) is 17.2 Å². The molecule has 0 amide bonds. The summed E-state index contributed by atoms with van der Waals surface area (Å²) in [4.78, 5) is -0.790. The summed E-state index contributed by atoms with van der Waals surface area (Å²) in [5.41, 5.74) is 0. The molecule has 0 N–H and O–H groups in total. The van der Waals surface area contributed by atoms with Gasteiger partial charge in [-0.3, -0.25) is 0 Å². The molecule has 86 valence electrons. The van der Waals surface area contributed by atoms with E-state index in [-0.39, 0.29) is 6.61 Å². The second-order valence-corrected chi connectivity index (χ2v) is 5.18. The van der Waals surface area contributed by atoms with E-state index in [1.807, 2.05) is 5.92 Å². The number of ether oxygens (including phenoxy) is 1. The molecule has 1 rings (SSSR count). The fourth-order valence-corrected chi connectivity index (χ4v) is 1.95. The Labute approximate surface area is 95.4 Å². The zero-order chi connectivity index (χ0) is 12.3. The summed E-state index contributed by atoms with van der Waals surface area (Å²) < 4.78 is 52.7. The van der Waals surface area contributed by atoms with Crippen LogP contribution in [0.2, 0.25) is 0 Å². The highest BCUT2D eigenvalue weighted by atomic mass is 35.7. The van der Waals surface area contributed by atoms with Crippen LogP contribution >= 0.6 is 10.7 Å². The molecule has 3 nitrogen and oxygen atoms in total. The number of hydrogen-bond donors (Lipinski definition) is 0. The lowest BCUT2D eigenvalue weighted by Crippen LogP contribution is -2.03. The van der Waals surface area contributed by atoms with E-state index >= 15 is 0 Å². The first-order valence-corrected chi connectivity index (χ1v) is 6.17. The summed E-state index contributed by atoms with van der Waals surface area (Å²) in [7, 11) is 0.684. The highest BCUT2D eigenvalue weighted by Gasteiger charge is 2.22. The van der Waals surface area contributed by atoms with Crippen LogP contribution in [-0.2, 0) is 9.05 Å². The van der Waals surface area contributed by atoms with Gasteiger partial charge in [0.05, 0.1) is 0 Å². The minimum Gasteiger partial charge on any atom is -0.476 e. The number of benzene rings is 1. The van der Waals surface area contributed by atoms with Gasteiger partial charge in [-0.1, -0.05) is 5.92 Å². The molecule has 0 radical (unpaired) electrons. The minimum absolute atomic E-state index is 0.359. The van der Waals surface area contributed by atoms with Crippen molar-refractivity contribution in [3.8, 4) is 18.1 Å². The van der Waals surface area contributed by atoms with Gasteiger partial charge in [-0.15, -0.1) is 6.42 Å². The third kappa shape index (κ3) is 2.84. The molecule has 0 aliphatic rings. The van der Waals surface area contributed by atoms with Gasteiger partial charge in [0, 0.05) is 16.7 Å². The minimum atomic E-state index is -4.31. The van der Waals surface area contributed by atoms with Crippen molar-refractivity contribution in [3.05, 3.63) is 23.8 Å². The van der Waals surface area contributed by atoms with Gasteiger partial charge in [0.25, 0.3) is 9.05 Å². The maximum absolute atomic E-state index is 13.2. The molecule has 0 aliphatic heterocycles. The zero-order valence-corrected chi connectivity index (χ0v) is 9.28. The van der Waals surface area contributed by atoms with E-state index in [1.54, 1.807) is 0 Å². The van der Waals surface area contributed by atoms with Crippen LogP contribution < -0.4 is 4.74 Å². The molecule has 1 aromatic carbocycles. The van der Waals surface area contributed by atoms with Crippen LogP contribution in [0.5, 0.6) is 5.75 Å². The Balaban J connectivity index is 3.40. The molecule has 16 heavy (non-hydrogen) atoms. The van der Waals surface area contributed by atoms with Crippen molar-refractivity contribution in [3.63, 3.8) is 0 Å². The average molecular weight is 267 g/mol. The van der Waals surface area contributed by atoms with Crippen LogP contribution in [0.25, 0.3) is 0 Å². The topological polar surface area (TPSA) is 43.4 Å². The standard InChI is InChI=1S/C9H5ClF2O3S/c1-2-3-15-9-7(12)4-6(11)5-8(9)16(10,13)14/h1,4-5H,3H2. The van der Waals surface area contributed by atoms with E-state index < -0.39 is 31.3 Å². The Morgan fingerprint density at radius 2 is 2.06 bits per heavy atom. The van der Waals surface area contributed by atoms with Gasteiger partial charge < -0.3 is 4.74 Å². The van der Waals surface area contributed by atoms with Crippen LogP contribution in [0.4, 0.5) is 8.78 Å². The van der Waals surface area contributed by atoms with Crippen LogP contribution in [0.1, 0.15) is 0 Å². The first-order chi connectivity index (χ1) is 7.36. The Bertz CT molecular complexity index is 549. The van der Waals surface area contributed by atoms with E-state index in [1.165, 1.54) is 0 Å². The smallest absolute Gasteiger partial charge is 0.265 e. The second-order valence-electron chi connectivity index (χ2n) is 2.65. The molecule has 0 saturated carbocycles. The maximum Gasteiger partial charge on any atom is 0.265 e. The van der Waals surface area contributed by atoms with E-state index in [0.717, 1.165) is 0 Å². The summed E-state index contributed by atoms with van der Waals surface area (Å²) >= 11 is 0. The zero-order valence-electron chi connectivity index (χ0n) is 7.71. The monoisotopic (exact) mass is 266 g/mol. The molecule has 0 unspecified atom stereocenters. The highest BCUT2D eigenvalue weighted by Crippen LogP contribution is 2.30. The lowest BCUT2D eigenvalue weighted by Gasteiger charge is -2.08. The van der Waals surface area contributed by atoms with Crippen molar-refractivity contribution in [2.45, 2.75) is 4.90 Å². The molecular formula is C9H5ClF2O3S. The first-order valence-electron chi connectivity index (χ1n) is 3.86. The fraction of sp³-hybridized carbons (Fsp3) is 0.111. The molecule has 0 saturated heterocycles. The largest absolute Gasteiger partial charge is 0.476 e. The lowest BCUT2D eigenvalue weighted by molar-refractivity contribution is 0.335. The molecule has 0 spiro atoms. The lowest BCUT2D eigenvalue weighted by atomic mass is 10.3. The highest BCUT2D eigenvalue weighted by molar-refractivity contribution is 8.13. The Hall–Kier alpha value is -1.32. The predicted molar refractivity (Wildman–Crippen MR) is 53.7 cm³/mol. The van der Waals surface area contributed by atoms with Gasteiger partial charge in [0.2, 0.25) is 0 Å². The molecular weight excluding hydrogens is 262 g/mol. The maximum atomic E-state index is 13.2. The fourth-order valence-electron chi connectivity index (χ4n) is 0.972. The molecule has 0 aliphatic carbocycles. The van der Waals surface area contributed by atoms with E-state index in [0.29, 0.717) is 12.1 Å². The third-order valence-electron chi connectivity index (χ3n) is 1.54. The van der Waals surface area contributed by atoms with Gasteiger partial charge in [0.1, 0.15) is 17.3 Å². The van der Waals surface area contributed by atoms with Crippen LogP contribution in [0, 0.1) is 24.0 Å². The van der Waals surface area contributed by atoms with Gasteiger partial charge >= 0.3 is 0 Å². The Morgan fingerprint density at radius 1 is 1.44 bits per heavy atom. The van der Waals surface area contributed by atoms with Crippen molar-refractivity contribution < 1.29 is 21.9 Å². The molecule has 0 fully saturated rings. The van der Waals surface area contributed by atoms with Crippen LogP contribution in [0.3, 0.4) is 0 Å². The van der Waals surface area contributed by atoms with E-state index in [9.17, 15) is 17.2 Å². The number of halogens is 3. The van der Waals surface area contributed by atoms with Gasteiger partial charge in [-0.2, -0.15) is 0 Å². The molecule has 1 aromatic rings. The summed E-state index contributed by atoms with van der Waals surface area (Å²) in [6.07, 6.45) is 4.86. The van der Waals surface area contributed by atoms with E-state index in [2.05, 4.69) is 4.74 Å². The number of hydrogen-bond acceptors (Lipinski definition) is 3. The molecule has 7 heteroatoms. The van der Waals surface area contributed by atoms with Crippen molar-refractivity contribution in [2.75, 3.05) is 6.61 Å². The summed E-state index contributed by atoms with van der Waals surface area (Å²) in [6.45, 7) is -0.359. The van der Waals surface area contributed by atoms with Crippen molar-refractivity contribution in [1.29, 1.82) is 0 Å². The predicted octanol–water partition coefficient (Wildman–Crippen LogP) is 1.90. The molecule has 0 atom stereocenters. The van der Waals surface area contributed by atoms with E-state index in [4.69, 9.17) is 17.1 Å². The average Bonchev–Trinajstić information content (AvgIpc) is 2.14.